The Morgan fingerprint density at radius 1 is 1.11 bits per heavy atom. The molecule has 0 bridgehead atoms. The highest BCUT2D eigenvalue weighted by atomic mass is 16.5. The lowest BCUT2D eigenvalue weighted by atomic mass is 10.1. The van der Waals surface area contributed by atoms with Crippen LogP contribution in [-0.2, 0) is 0 Å². The van der Waals surface area contributed by atoms with Crippen molar-refractivity contribution < 1.29 is 14.3 Å². The number of hydrogen-bond donors (Lipinski definition) is 2. The molecule has 2 amide bonds. The number of hydrogen-bond acceptors (Lipinski definition) is 4. The zero-order valence-electron chi connectivity index (χ0n) is 16.2. The second kappa shape index (κ2) is 8.56. The molecule has 2 heterocycles. The lowest BCUT2D eigenvalue weighted by molar-refractivity contribution is 0.0941. The van der Waals surface area contributed by atoms with Gasteiger partial charge in [0.05, 0.1) is 12.6 Å². The van der Waals surface area contributed by atoms with Crippen molar-refractivity contribution in [3.63, 3.8) is 0 Å². The van der Waals surface area contributed by atoms with Crippen molar-refractivity contribution in [2.45, 2.75) is 20.3 Å². The Morgan fingerprint density at radius 3 is 2.54 bits per heavy atom. The van der Waals surface area contributed by atoms with Crippen LogP contribution in [0.3, 0.4) is 0 Å². The number of pyridine rings is 1. The van der Waals surface area contributed by atoms with Gasteiger partial charge in [-0.2, -0.15) is 0 Å². The minimum atomic E-state index is -0.380. The zero-order chi connectivity index (χ0) is 20.1. The summed E-state index contributed by atoms with van der Waals surface area (Å²) < 4.78 is 6.75. The molecule has 3 aromatic rings. The predicted octanol–water partition coefficient (Wildman–Crippen LogP) is 3.37. The fourth-order valence-electron chi connectivity index (χ4n) is 2.78. The molecule has 3 rings (SSSR count). The first kappa shape index (κ1) is 19.4. The molecule has 0 aliphatic carbocycles. The van der Waals surface area contributed by atoms with E-state index in [0.717, 1.165) is 6.42 Å². The summed E-state index contributed by atoms with van der Waals surface area (Å²) in [6, 6.07) is 12.4. The van der Waals surface area contributed by atoms with E-state index in [1.54, 1.807) is 54.1 Å². The van der Waals surface area contributed by atoms with Gasteiger partial charge in [-0.3, -0.25) is 14.0 Å². The highest BCUT2D eigenvalue weighted by Crippen LogP contribution is 2.18. The van der Waals surface area contributed by atoms with Gasteiger partial charge < -0.3 is 15.4 Å². The summed E-state index contributed by atoms with van der Waals surface area (Å²) in [5.41, 5.74) is 1.39. The van der Waals surface area contributed by atoms with Crippen molar-refractivity contribution in [1.82, 2.24) is 14.7 Å². The quantitative estimate of drug-likeness (QED) is 0.658. The monoisotopic (exact) mass is 380 g/mol. The van der Waals surface area contributed by atoms with Gasteiger partial charge in [-0.1, -0.05) is 19.9 Å². The molecule has 2 N–H and O–H groups in total. The number of carbonyl (C=O) groups is 2. The Hall–Kier alpha value is -3.35. The van der Waals surface area contributed by atoms with Crippen LogP contribution in [0.5, 0.6) is 5.75 Å². The van der Waals surface area contributed by atoms with Crippen molar-refractivity contribution >= 4 is 23.0 Å². The molecule has 7 nitrogen and oxygen atoms in total. The number of nitrogens with zero attached hydrogens (tertiary/aromatic N) is 2. The molecule has 0 aliphatic heterocycles. The third-order valence-electron chi connectivity index (χ3n) is 4.32. The molecule has 0 saturated carbocycles. The summed E-state index contributed by atoms with van der Waals surface area (Å²) in [5, 5.41) is 5.68. The molecule has 0 saturated heterocycles. The van der Waals surface area contributed by atoms with E-state index in [4.69, 9.17) is 4.74 Å². The Kier molecular flexibility index (Phi) is 5.93. The van der Waals surface area contributed by atoms with Gasteiger partial charge in [0.1, 0.15) is 5.75 Å². The molecule has 0 radical (unpaired) electrons. The minimum Gasteiger partial charge on any atom is -0.497 e. The standard InChI is InChI=1S/C21H24N4O3/c1-14(2)11-12-22-21(27)19-24-18(17-6-4-5-13-25(17)19)20(26)23-15-7-9-16(28-3)10-8-15/h4-10,13-14H,11-12H2,1-3H3,(H,22,27)(H,23,26). The molecule has 1 aromatic carbocycles. The van der Waals surface area contributed by atoms with Gasteiger partial charge in [0.2, 0.25) is 5.82 Å². The molecule has 28 heavy (non-hydrogen) atoms. The number of rotatable bonds is 7. The number of fused-ring (bicyclic) bond motifs is 1. The lowest BCUT2D eigenvalue weighted by Crippen LogP contribution is -2.27. The van der Waals surface area contributed by atoms with Gasteiger partial charge in [0, 0.05) is 18.4 Å². The summed E-state index contributed by atoms with van der Waals surface area (Å²) in [7, 11) is 1.58. The van der Waals surface area contributed by atoms with E-state index in [9.17, 15) is 9.59 Å². The highest BCUT2D eigenvalue weighted by molar-refractivity contribution is 6.08. The van der Waals surface area contributed by atoms with E-state index in [2.05, 4.69) is 29.5 Å². The molecule has 0 aliphatic rings. The van der Waals surface area contributed by atoms with E-state index in [-0.39, 0.29) is 23.3 Å². The van der Waals surface area contributed by atoms with E-state index < -0.39 is 0 Å². The zero-order valence-corrected chi connectivity index (χ0v) is 16.2. The fourth-order valence-corrected chi connectivity index (χ4v) is 2.78. The van der Waals surface area contributed by atoms with Crippen LogP contribution in [0.15, 0.2) is 48.7 Å². The average molecular weight is 380 g/mol. The van der Waals surface area contributed by atoms with Crippen molar-refractivity contribution in [2.75, 3.05) is 19.0 Å². The van der Waals surface area contributed by atoms with Gasteiger partial charge in [-0.15, -0.1) is 0 Å². The second-order valence-corrected chi connectivity index (χ2v) is 6.86. The third-order valence-corrected chi connectivity index (χ3v) is 4.32. The number of aromatic nitrogens is 2. The van der Waals surface area contributed by atoms with Gasteiger partial charge >= 0.3 is 0 Å². The number of benzene rings is 1. The third kappa shape index (κ3) is 4.31. The number of nitrogens with one attached hydrogen (secondary N) is 2. The lowest BCUT2D eigenvalue weighted by Gasteiger charge is -2.06. The highest BCUT2D eigenvalue weighted by Gasteiger charge is 2.21. The van der Waals surface area contributed by atoms with Crippen LogP contribution in [0.4, 0.5) is 5.69 Å². The molecular weight excluding hydrogens is 356 g/mol. The summed E-state index contributed by atoms with van der Waals surface area (Å²) in [6.45, 7) is 4.75. The molecule has 7 heteroatoms. The van der Waals surface area contributed by atoms with Crippen LogP contribution in [0, 0.1) is 5.92 Å². The second-order valence-electron chi connectivity index (χ2n) is 6.86. The number of imidazole rings is 1. The molecular formula is C21H24N4O3. The fraction of sp³-hybridized carbons (Fsp3) is 0.286. The first-order valence-electron chi connectivity index (χ1n) is 9.20. The Labute approximate surface area is 163 Å². The van der Waals surface area contributed by atoms with Gasteiger partial charge in [-0.05, 0) is 48.7 Å². The van der Waals surface area contributed by atoms with Crippen LogP contribution in [0.1, 0.15) is 41.4 Å². The molecule has 0 spiro atoms. The van der Waals surface area contributed by atoms with Gasteiger partial charge in [0.25, 0.3) is 11.8 Å². The van der Waals surface area contributed by atoms with Crippen molar-refractivity contribution in [3.05, 3.63) is 60.2 Å². The normalized spacial score (nSPS) is 10.9. The summed E-state index contributed by atoms with van der Waals surface area (Å²) >= 11 is 0. The minimum absolute atomic E-state index is 0.194. The first-order chi connectivity index (χ1) is 13.5. The summed E-state index contributed by atoms with van der Waals surface area (Å²) in [5.74, 6) is 0.702. The van der Waals surface area contributed by atoms with Crippen molar-refractivity contribution in [3.8, 4) is 5.75 Å². The van der Waals surface area contributed by atoms with Crippen molar-refractivity contribution in [2.24, 2.45) is 5.92 Å². The summed E-state index contributed by atoms with van der Waals surface area (Å²) in [6.07, 6.45) is 2.60. The molecule has 0 fully saturated rings. The molecule has 146 valence electrons. The van der Waals surface area contributed by atoms with Crippen LogP contribution in [-0.4, -0.2) is 34.9 Å². The Bertz CT molecular complexity index is 977. The maximum Gasteiger partial charge on any atom is 0.287 e. The number of methoxy groups -OCH3 is 1. The largest absolute Gasteiger partial charge is 0.497 e. The number of ether oxygens (including phenoxy) is 1. The van der Waals surface area contributed by atoms with E-state index >= 15 is 0 Å². The van der Waals surface area contributed by atoms with Crippen molar-refractivity contribution in [1.29, 1.82) is 0 Å². The molecule has 0 atom stereocenters. The maximum absolute atomic E-state index is 12.8. The van der Waals surface area contributed by atoms with Crippen LogP contribution in [0.2, 0.25) is 0 Å². The maximum atomic E-state index is 12.8. The van der Waals surface area contributed by atoms with Gasteiger partial charge in [0.15, 0.2) is 5.69 Å². The predicted molar refractivity (Wildman–Crippen MR) is 108 cm³/mol. The Balaban J connectivity index is 1.84. The SMILES string of the molecule is COc1ccc(NC(=O)c2nc(C(=O)NCCC(C)C)n3ccccc23)cc1. The summed E-state index contributed by atoms with van der Waals surface area (Å²) in [4.78, 5) is 29.7. The van der Waals surface area contributed by atoms with Crippen LogP contribution < -0.4 is 15.4 Å². The number of anilines is 1. The van der Waals surface area contributed by atoms with E-state index in [1.807, 2.05) is 6.07 Å². The molecule has 2 aromatic heterocycles. The Morgan fingerprint density at radius 2 is 1.86 bits per heavy atom. The first-order valence-corrected chi connectivity index (χ1v) is 9.20. The van der Waals surface area contributed by atoms with Crippen LogP contribution in [0.25, 0.3) is 5.52 Å². The number of carbonyl (C=O) groups excluding carboxylic acids is 2. The molecule has 0 unspecified atom stereocenters. The van der Waals surface area contributed by atoms with Gasteiger partial charge in [-0.25, -0.2) is 4.98 Å². The smallest absolute Gasteiger partial charge is 0.287 e. The van der Waals surface area contributed by atoms with E-state index in [0.29, 0.717) is 29.4 Å². The number of amides is 2. The topological polar surface area (TPSA) is 84.7 Å². The van der Waals surface area contributed by atoms with E-state index in [1.165, 1.54) is 0 Å². The average Bonchev–Trinajstić information content (AvgIpc) is 3.08. The van der Waals surface area contributed by atoms with Crippen LogP contribution >= 0.6 is 0 Å².